The van der Waals surface area contributed by atoms with E-state index < -0.39 is 0 Å². The van der Waals surface area contributed by atoms with E-state index in [0.717, 1.165) is 50.4 Å². The summed E-state index contributed by atoms with van der Waals surface area (Å²) in [6.07, 6.45) is 2.39. The SMILES string of the molecule is O=C(Cc1ccc(N2CCOCC2)cc1)NCC(=O)NC1CC1. The molecule has 3 rings (SSSR count). The number of anilines is 1. The molecule has 6 heteroatoms. The van der Waals surface area contributed by atoms with Gasteiger partial charge in [0.25, 0.3) is 0 Å². The minimum absolute atomic E-state index is 0.0567. The molecule has 1 aromatic rings. The van der Waals surface area contributed by atoms with Crippen molar-refractivity contribution in [3.8, 4) is 0 Å². The molecule has 2 N–H and O–H groups in total. The summed E-state index contributed by atoms with van der Waals surface area (Å²) in [5.74, 6) is -0.237. The highest BCUT2D eigenvalue weighted by Gasteiger charge is 2.23. The summed E-state index contributed by atoms with van der Waals surface area (Å²) in [6, 6.07) is 8.33. The third kappa shape index (κ3) is 4.96. The topological polar surface area (TPSA) is 70.7 Å². The monoisotopic (exact) mass is 317 g/mol. The van der Waals surface area contributed by atoms with Crippen molar-refractivity contribution in [2.75, 3.05) is 37.7 Å². The number of nitrogens with one attached hydrogen (secondary N) is 2. The van der Waals surface area contributed by atoms with E-state index in [4.69, 9.17) is 4.74 Å². The van der Waals surface area contributed by atoms with Crippen LogP contribution in [0.2, 0.25) is 0 Å². The zero-order valence-corrected chi connectivity index (χ0v) is 13.2. The number of carbonyl (C=O) groups excluding carboxylic acids is 2. The first kappa shape index (κ1) is 15.8. The molecule has 1 saturated heterocycles. The van der Waals surface area contributed by atoms with Gasteiger partial charge in [0.05, 0.1) is 26.2 Å². The zero-order valence-electron chi connectivity index (χ0n) is 13.2. The number of morpholine rings is 1. The summed E-state index contributed by atoms with van der Waals surface area (Å²) < 4.78 is 5.34. The van der Waals surface area contributed by atoms with Gasteiger partial charge in [0.1, 0.15) is 0 Å². The molecule has 0 bridgehead atoms. The van der Waals surface area contributed by atoms with E-state index in [-0.39, 0.29) is 18.4 Å². The van der Waals surface area contributed by atoms with Crippen molar-refractivity contribution in [1.29, 1.82) is 0 Å². The maximum atomic E-state index is 11.9. The lowest BCUT2D eigenvalue weighted by molar-refractivity contribution is -0.125. The number of amides is 2. The molecule has 23 heavy (non-hydrogen) atoms. The summed E-state index contributed by atoms with van der Waals surface area (Å²) in [4.78, 5) is 25.7. The fourth-order valence-corrected chi connectivity index (χ4v) is 2.58. The highest BCUT2D eigenvalue weighted by atomic mass is 16.5. The van der Waals surface area contributed by atoms with Gasteiger partial charge in [-0.3, -0.25) is 9.59 Å². The van der Waals surface area contributed by atoms with Crippen LogP contribution in [-0.4, -0.2) is 50.7 Å². The lowest BCUT2D eigenvalue weighted by Crippen LogP contribution is -2.38. The Hall–Kier alpha value is -2.08. The van der Waals surface area contributed by atoms with E-state index >= 15 is 0 Å². The summed E-state index contributed by atoms with van der Waals surface area (Å²) in [5.41, 5.74) is 2.10. The predicted molar refractivity (Wildman–Crippen MR) is 87.4 cm³/mol. The maximum absolute atomic E-state index is 11.9. The predicted octanol–water partition coefficient (Wildman–Crippen LogP) is 0.461. The van der Waals surface area contributed by atoms with Crippen LogP contribution in [-0.2, 0) is 20.7 Å². The molecule has 2 aliphatic rings. The minimum atomic E-state index is -0.130. The fourth-order valence-electron chi connectivity index (χ4n) is 2.58. The molecule has 0 unspecified atom stereocenters. The molecule has 0 atom stereocenters. The van der Waals surface area contributed by atoms with Crippen molar-refractivity contribution in [2.45, 2.75) is 25.3 Å². The van der Waals surface area contributed by atoms with E-state index in [1.165, 1.54) is 0 Å². The van der Waals surface area contributed by atoms with Crippen molar-refractivity contribution in [2.24, 2.45) is 0 Å². The van der Waals surface area contributed by atoms with Crippen LogP contribution in [0, 0.1) is 0 Å². The van der Waals surface area contributed by atoms with Gasteiger partial charge in [0, 0.05) is 24.8 Å². The van der Waals surface area contributed by atoms with Crippen LogP contribution in [0.1, 0.15) is 18.4 Å². The molecule has 1 aromatic carbocycles. The second-order valence-electron chi connectivity index (χ2n) is 6.06. The average Bonchev–Trinajstić information content (AvgIpc) is 3.38. The van der Waals surface area contributed by atoms with E-state index in [1.807, 2.05) is 24.3 Å². The Morgan fingerprint density at radius 2 is 1.78 bits per heavy atom. The number of rotatable bonds is 6. The lowest BCUT2D eigenvalue weighted by atomic mass is 10.1. The molecule has 124 valence electrons. The Morgan fingerprint density at radius 3 is 2.43 bits per heavy atom. The van der Waals surface area contributed by atoms with Crippen molar-refractivity contribution < 1.29 is 14.3 Å². The molecule has 2 amide bonds. The van der Waals surface area contributed by atoms with E-state index in [2.05, 4.69) is 15.5 Å². The molecule has 0 spiro atoms. The van der Waals surface area contributed by atoms with Gasteiger partial charge in [-0.1, -0.05) is 12.1 Å². The van der Waals surface area contributed by atoms with Gasteiger partial charge in [-0.05, 0) is 30.5 Å². The Kier molecular flexibility index (Phi) is 5.12. The molecule has 2 fully saturated rings. The van der Waals surface area contributed by atoms with Gasteiger partial charge >= 0.3 is 0 Å². The van der Waals surface area contributed by atoms with Crippen LogP contribution in [0.4, 0.5) is 5.69 Å². The quantitative estimate of drug-likeness (QED) is 0.800. The molecule has 1 aliphatic heterocycles. The second kappa shape index (κ2) is 7.46. The number of ether oxygens (including phenoxy) is 1. The molecule has 0 radical (unpaired) electrons. The Bertz CT molecular complexity index is 549. The van der Waals surface area contributed by atoms with Crippen LogP contribution in [0.5, 0.6) is 0 Å². The minimum Gasteiger partial charge on any atom is -0.378 e. The highest BCUT2D eigenvalue weighted by molar-refractivity contribution is 5.86. The molecule has 6 nitrogen and oxygen atoms in total. The number of hydrogen-bond acceptors (Lipinski definition) is 4. The third-order valence-corrected chi connectivity index (χ3v) is 4.07. The summed E-state index contributed by atoms with van der Waals surface area (Å²) in [6.45, 7) is 3.37. The third-order valence-electron chi connectivity index (χ3n) is 4.07. The number of hydrogen-bond donors (Lipinski definition) is 2. The summed E-state index contributed by atoms with van der Waals surface area (Å²) in [5, 5.41) is 5.51. The number of benzene rings is 1. The Morgan fingerprint density at radius 1 is 1.09 bits per heavy atom. The molecular formula is C17H23N3O3. The standard InChI is InChI=1S/C17H23N3O3/c21-16(18-12-17(22)19-14-3-4-14)11-13-1-5-15(6-2-13)20-7-9-23-10-8-20/h1-2,5-6,14H,3-4,7-12H2,(H,18,21)(H,19,22). The average molecular weight is 317 g/mol. The van der Waals surface area contributed by atoms with Crippen LogP contribution < -0.4 is 15.5 Å². The molecule has 1 saturated carbocycles. The van der Waals surface area contributed by atoms with Crippen LogP contribution in [0.3, 0.4) is 0 Å². The highest BCUT2D eigenvalue weighted by Crippen LogP contribution is 2.18. The summed E-state index contributed by atoms with van der Waals surface area (Å²) >= 11 is 0. The first-order valence-electron chi connectivity index (χ1n) is 8.18. The first-order valence-corrected chi connectivity index (χ1v) is 8.18. The molecule has 0 aromatic heterocycles. The number of nitrogens with zero attached hydrogens (tertiary/aromatic N) is 1. The van der Waals surface area contributed by atoms with Crippen LogP contribution >= 0.6 is 0 Å². The molecule has 1 heterocycles. The van der Waals surface area contributed by atoms with Gasteiger partial charge in [-0.25, -0.2) is 0 Å². The number of carbonyl (C=O) groups is 2. The van der Waals surface area contributed by atoms with E-state index in [9.17, 15) is 9.59 Å². The zero-order chi connectivity index (χ0) is 16.1. The Balaban J connectivity index is 1.43. The van der Waals surface area contributed by atoms with Gasteiger partial charge in [0.15, 0.2) is 0 Å². The largest absolute Gasteiger partial charge is 0.378 e. The smallest absolute Gasteiger partial charge is 0.239 e. The molecular weight excluding hydrogens is 294 g/mol. The first-order chi connectivity index (χ1) is 11.2. The molecule has 1 aliphatic carbocycles. The van der Waals surface area contributed by atoms with Crippen molar-refractivity contribution in [1.82, 2.24) is 10.6 Å². The second-order valence-corrected chi connectivity index (χ2v) is 6.06. The van der Waals surface area contributed by atoms with Gasteiger partial charge in [-0.15, -0.1) is 0 Å². The van der Waals surface area contributed by atoms with Crippen LogP contribution in [0.25, 0.3) is 0 Å². The van der Waals surface area contributed by atoms with E-state index in [0.29, 0.717) is 12.5 Å². The van der Waals surface area contributed by atoms with Crippen molar-refractivity contribution in [3.63, 3.8) is 0 Å². The van der Waals surface area contributed by atoms with Crippen molar-refractivity contribution in [3.05, 3.63) is 29.8 Å². The van der Waals surface area contributed by atoms with Crippen LogP contribution in [0.15, 0.2) is 24.3 Å². The van der Waals surface area contributed by atoms with Crippen molar-refractivity contribution >= 4 is 17.5 Å². The van der Waals surface area contributed by atoms with Gasteiger partial charge < -0.3 is 20.3 Å². The van der Waals surface area contributed by atoms with Gasteiger partial charge in [-0.2, -0.15) is 0 Å². The Labute approximate surface area is 136 Å². The van der Waals surface area contributed by atoms with E-state index in [1.54, 1.807) is 0 Å². The lowest BCUT2D eigenvalue weighted by Gasteiger charge is -2.28. The normalized spacial score (nSPS) is 17.7. The maximum Gasteiger partial charge on any atom is 0.239 e. The summed E-state index contributed by atoms with van der Waals surface area (Å²) in [7, 11) is 0. The van der Waals surface area contributed by atoms with Gasteiger partial charge in [0.2, 0.25) is 11.8 Å². The fraction of sp³-hybridized carbons (Fsp3) is 0.529.